The minimum Gasteiger partial charge on any atom is -0.454 e. The fourth-order valence-corrected chi connectivity index (χ4v) is 1.86. The highest BCUT2D eigenvalue weighted by Gasteiger charge is 2.12. The second-order valence-electron chi connectivity index (χ2n) is 4.23. The predicted molar refractivity (Wildman–Crippen MR) is 72.3 cm³/mol. The van der Waals surface area contributed by atoms with Crippen LogP contribution in [0.4, 0.5) is 10.1 Å². The van der Waals surface area contributed by atoms with Gasteiger partial charge >= 0.3 is 0 Å². The molecule has 0 amide bonds. The third kappa shape index (κ3) is 2.38. The summed E-state index contributed by atoms with van der Waals surface area (Å²) in [5, 5.41) is 0. The van der Waals surface area contributed by atoms with Gasteiger partial charge in [0.1, 0.15) is 5.82 Å². The topological polar surface area (TPSA) is 44.5 Å². The van der Waals surface area contributed by atoms with E-state index in [0.717, 1.165) is 22.6 Å². The molecule has 0 unspecified atom stereocenters. The van der Waals surface area contributed by atoms with Crippen LogP contribution in [-0.2, 0) is 0 Å². The quantitative estimate of drug-likeness (QED) is 0.663. The van der Waals surface area contributed by atoms with E-state index in [1.807, 2.05) is 30.4 Å². The minimum absolute atomic E-state index is 0.153. The lowest BCUT2D eigenvalue weighted by molar-refractivity contribution is 0.174. The van der Waals surface area contributed by atoms with Crippen molar-refractivity contribution in [3.63, 3.8) is 0 Å². The molecule has 2 aromatic carbocycles. The van der Waals surface area contributed by atoms with Crippen LogP contribution in [0.2, 0.25) is 0 Å². The third-order valence-electron chi connectivity index (χ3n) is 2.89. The van der Waals surface area contributed by atoms with E-state index in [4.69, 9.17) is 15.2 Å². The third-order valence-corrected chi connectivity index (χ3v) is 2.89. The van der Waals surface area contributed by atoms with Crippen LogP contribution in [0.1, 0.15) is 11.1 Å². The summed E-state index contributed by atoms with van der Waals surface area (Å²) in [6.07, 6.45) is 3.70. The molecular formula is C15H12FNO2. The van der Waals surface area contributed by atoms with Gasteiger partial charge < -0.3 is 15.2 Å². The Labute approximate surface area is 110 Å². The Morgan fingerprint density at radius 2 is 1.63 bits per heavy atom. The number of hydrogen-bond donors (Lipinski definition) is 1. The number of hydrogen-bond acceptors (Lipinski definition) is 3. The van der Waals surface area contributed by atoms with Gasteiger partial charge in [-0.25, -0.2) is 4.39 Å². The average Bonchev–Trinajstić information content (AvgIpc) is 2.87. The lowest BCUT2D eigenvalue weighted by Gasteiger charge is -1.99. The Bertz CT molecular complexity index is 653. The van der Waals surface area contributed by atoms with E-state index >= 15 is 0 Å². The Morgan fingerprint density at radius 3 is 2.42 bits per heavy atom. The van der Waals surface area contributed by atoms with E-state index in [0.29, 0.717) is 0 Å². The Morgan fingerprint density at radius 1 is 0.947 bits per heavy atom. The predicted octanol–water partition coefficient (Wildman–Crippen LogP) is 3.31. The van der Waals surface area contributed by atoms with Crippen LogP contribution in [-0.4, -0.2) is 6.79 Å². The summed E-state index contributed by atoms with van der Waals surface area (Å²) in [6, 6.07) is 10.4. The Balaban J connectivity index is 1.84. The highest BCUT2D eigenvalue weighted by atomic mass is 19.1. The van der Waals surface area contributed by atoms with Crippen molar-refractivity contribution >= 4 is 17.8 Å². The molecular weight excluding hydrogens is 245 g/mol. The molecule has 0 aromatic heterocycles. The van der Waals surface area contributed by atoms with Gasteiger partial charge in [0.15, 0.2) is 11.5 Å². The van der Waals surface area contributed by atoms with Crippen LogP contribution in [0.3, 0.4) is 0 Å². The van der Waals surface area contributed by atoms with Crippen LogP contribution in [0.25, 0.3) is 12.2 Å². The van der Waals surface area contributed by atoms with Gasteiger partial charge in [0.2, 0.25) is 6.79 Å². The zero-order valence-corrected chi connectivity index (χ0v) is 10.1. The lowest BCUT2D eigenvalue weighted by Crippen LogP contribution is -1.92. The van der Waals surface area contributed by atoms with Crippen LogP contribution in [0.5, 0.6) is 11.5 Å². The summed E-state index contributed by atoms with van der Waals surface area (Å²) in [5.74, 6) is 1.06. The van der Waals surface area contributed by atoms with Crippen molar-refractivity contribution in [2.24, 2.45) is 0 Å². The first-order valence-corrected chi connectivity index (χ1v) is 5.85. The Hall–Kier alpha value is -2.49. The van der Waals surface area contributed by atoms with E-state index in [9.17, 15) is 4.39 Å². The molecule has 96 valence electrons. The Kier molecular flexibility index (Phi) is 2.83. The molecule has 1 aliphatic rings. The van der Waals surface area contributed by atoms with Gasteiger partial charge in [-0.1, -0.05) is 24.3 Å². The second-order valence-corrected chi connectivity index (χ2v) is 4.23. The number of ether oxygens (including phenoxy) is 2. The van der Waals surface area contributed by atoms with E-state index in [1.165, 1.54) is 6.07 Å². The van der Waals surface area contributed by atoms with Gasteiger partial charge in [-0.2, -0.15) is 0 Å². The highest BCUT2D eigenvalue weighted by Crippen LogP contribution is 2.32. The molecule has 1 heterocycles. The van der Waals surface area contributed by atoms with Crippen LogP contribution >= 0.6 is 0 Å². The summed E-state index contributed by atoms with van der Waals surface area (Å²) >= 11 is 0. The molecule has 0 fully saturated rings. The molecule has 2 N–H and O–H groups in total. The number of benzene rings is 2. The summed E-state index contributed by atoms with van der Waals surface area (Å²) in [5.41, 5.74) is 7.29. The smallest absolute Gasteiger partial charge is 0.231 e. The first-order valence-electron chi connectivity index (χ1n) is 5.85. The maximum atomic E-state index is 13.3. The molecule has 3 nitrogen and oxygen atoms in total. The van der Waals surface area contributed by atoms with Crippen LogP contribution in [0, 0.1) is 5.82 Å². The molecule has 3 rings (SSSR count). The maximum Gasteiger partial charge on any atom is 0.231 e. The fraction of sp³-hybridized carbons (Fsp3) is 0.0667. The molecule has 0 aliphatic carbocycles. The zero-order chi connectivity index (χ0) is 13.2. The molecule has 0 atom stereocenters. The number of rotatable bonds is 2. The second kappa shape index (κ2) is 4.65. The van der Waals surface area contributed by atoms with Crippen LogP contribution < -0.4 is 15.2 Å². The largest absolute Gasteiger partial charge is 0.454 e. The van der Waals surface area contributed by atoms with E-state index in [2.05, 4.69) is 0 Å². The molecule has 1 aliphatic heterocycles. The number of fused-ring (bicyclic) bond motifs is 1. The number of halogens is 1. The van der Waals surface area contributed by atoms with Crippen molar-refractivity contribution in [2.45, 2.75) is 0 Å². The van der Waals surface area contributed by atoms with Crippen molar-refractivity contribution in [1.82, 2.24) is 0 Å². The first-order chi connectivity index (χ1) is 9.22. The summed E-state index contributed by atoms with van der Waals surface area (Å²) < 4.78 is 23.8. The van der Waals surface area contributed by atoms with Crippen molar-refractivity contribution < 1.29 is 13.9 Å². The van der Waals surface area contributed by atoms with Gasteiger partial charge in [-0.15, -0.1) is 0 Å². The van der Waals surface area contributed by atoms with Crippen molar-refractivity contribution in [3.05, 3.63) is 53.3 Å². The van der Waals surface area contributed by atoms with Gasteiger partial charge in [0.05, 0.1) is 5.69 Å². The van der Waals surface area contributed by atoms with Gasteiger partial charge in [0.25, 0.3) is 0 Å². The van der Waals surface area contributed by atoms with E-state index < -0.39 is 5.82 Å². The fourth-order valence-electron chi connectivity index (χ4n) is 1.86. The molecule has 19 heavy (non-hydrogen) atoms. The zero-order valence-electron chi connectivity index (χ0n) is 10.1. The van der Waals surface area contributed by atoms with Crippen molar-refractivity contribution in [1.29, 1.82) is 0 Å². The molecule has 0 spiro atoms. The summed E-state index contributed by atoms with van der Waals surface area (Å²) in [4.78, 5) is 0. The lowest BCUT2D eigenvalue weighted by atomic mass is 10.1. The molecule has 2 aromatic rings. The number of nitrogen functional groups attached to an aromatic ring is 1. The molecule has 4 heteroatoms. The van der Waals surface area contributed by atoms with Gasteiger partial charge in [-0.05, 0) is 35.4 Å². The highest BCUT2D eigenvalue weighted by molar-refractivity contribution is 5.71. The van der Waals surface area contributed by atoms with Gasteiger partial charge in [-0.3, -0.25) is 0 Å². The normalized spacial score (nSPS) is 13.1. The molecule has 0 saturated heterocycles. The average molecular weight is 257 g/mol. The monoisotopic (exact) mass is 257 g/mol. The molecule has 0 radical (unpaired) electrons. The van der Waals surface area contributed by atoms with E-state index in [1.54, 1.807) is 12.1 Å². The number of anilines is 1. The summed E-state index contributed by atoms with van der Waals surface area (Å²) in [7, 11) is 0. The summed E-state index contributed by atoms with van der Waals surface area (Å²) in [6.45, 7) is 0.256. The van der Waals surface area contributed by atoms with Crippen molar-refractivity contribution in [2.75, 3.05) is 12.5 Å². The molecule has 0 bridgehead atoms. The maximum absolute atomic E-state index is 13.3. The first kappa shape index (κ1) is 11.6. The van der Waals surface area contributed by atoms with Crippen molar-refractivity contribution in [3.8, 4) is 11.5 Å². The SMILES string of the molecule is Nc1ccc(/C=C/c2ccc3c(c2)OCO3)cc1F. The number of nitrogens with two attached hydrogens (primary N) is 1. The van der Waals surface area contributed by atoms with Gasteiger partial charge in [0, 0.05) is 0 Å². The molecule has 0 saturated carbocycles. The van der Waals surface area contributed by atoms with Crippen LogP contribution in [0.15, 0.2) is 36.4 Å². The van der Waals surface area contributed by atoms with E-state index in [-0.39, 0.29) is 12.5 Å². The standard InChI is InChI=1S/C15H12FNO2/c16-12-7-10(3-5-13(12)17)1-2-11-4-6-14-15(8-11)19-9-18-14/h1-8H,9,17H2/b2-1+. The minimum atomic E-state index is -0.409.